The Bertz CT molecular complexity index is 2100. The van der Waals surface area contributed by atoms with Crippen molar-refractivity contribution in [1.82, 2.24) is 0 Å². The molecule has 0 aliphatic heterocycles. The quantitative estimate of drug-likeness (QED) is 0.218. The summed E-state index contributed by atoms with van der Waals surface area (Å²) in [5.74, 6) is 0. The molecule has 0 unspecified atom stereocenters. The van der Waals surface area contributed by atoms with Gasteiger partial charge in [-0.05, 0) is 93.3 Å². The molecule has 0 atom stereocenters. The van der Waals surface area contributed by atoms with Gasteiger partial charge in [0, 0.05) is 27.8 Å². The van der Waals surface area contributed by atoms with Crippen molar-refractivity contribution < 1.29 is 4.42 Å². The molecule has 0 bridgehead atoms. The summed E-state index contributed by atoms with van der Waals surface area (Å²) in [7, 11) is 0. The van der Waals surface area contributed by atoms with Gasteiger partial charge in [-0.15, -0.1) is 0 Å². The van der Waals surface area contributed by atoms with Crippen LogP contribution in [0.3, 0.4) is 0 Å². The summed E-state index contributed by atoms with van der Waals surface area (Å²) in [6.45, 7) is 0. The Hall–Kier alpha value is -5.34. The first kappa shape index (κ1) is 22.6. The highest BCUT2D eigenvalue weighted by Crippen LogP contribution is 2.38. The lowest BCUT2D eigenvalue weighted by Gasteiger charge is -2.25. The van der Waals surface area contributed by atoms with Crippen molar-refractivity contribution in [2.75, 3.05) is 4.90 Å². The third-order valence-corrected chi connectivity index (χ3v) is 7.82. The van der Waals surface area contributed by atoms with Crippen LogP contribution in [0.4, 0.5) is 17.1 Å². The Morgan fingerprint density at radius 3 is 1.68 bits per heavy atom. The van der Waals surface area contributed by atoms with E-state index in [1.54, 1.807) is 0 Å². The third-order valence-electron chi connectivity index (χ3n) is 7.82. The number of para-hydroxylation sites is 3. The summed E-state index contributed by atoms with van der Waals surface area (Å²) in [5.41, 5.74) is 7.64. The van der Waals surface area contributed by atoms with E-state index in [1.165, 1.54) is 32.7 Å². The fourth-order valence-corrected chi connectivity index (χ4v) is 5.86. The standard InChI is InChI=1S/C38H25NO/c1-3-9-30(10-4-1)39(31-11-5-2-6-12-31)32-21-19-26(20-22-32)28-17-15-27-16-18-29-24-36-33-13-7-8-14-37(33)40-38(36)25-35(29)34(27)23-28/h1-25H. The van der Waals surface area contributed by atoms with Crippen LogP contribution in [0, 0.1) is 0 Å². The van der Waals surface area contributed by atoms with Crippen LogP contribution in [0.1, 0.15) is 0 Å². The third kappa shape index (κ3) is 3.73. The number of benzene rings is 7. The molecular weight excluding hydrogens is 486 g/mol. The fourth-order valence-electron chi connectivity index (χ4n) is 5.86. The highest BCUT2D eigenvalue weighted by atomic mass is 16.3. The van der Waals surface area contributed by atoms with Crippen molar-refractivity contribution in [3.05, 3.63) is 152 Å². The Morgan fingerprint density at radius 2 is 0.925 bits per heavy atom. The minimum Gasteiger partial charge on any atom is -0.456 e. The predicted octanol–water partition coefficient (Wildman–Crippen LogP) is 11.0. The number of hydrogen-bond acceptors (Lipinski definition) is 2. The zero-order chi connectivity index (χ0) is 26.5. The largest absolute Gasteiger partial charge is 0.456 e. The monoisotopic (exact) mass is 511 g/mol. The number of furan rings is 1. The molecule has 2 heteroatoms. The van der Waals surface area contributed by atoms with E-state index in [2.05, 4.69) is 144 Å². The maximum absolute atomic E-state index is 6.23. The first-order chi connectivity index (χ1) is 19.8. The minimum absolute atomic E-state index is 0.929. The molecule has 0 aliphatic rings. The molecule has 0 saturated heterocycles. The van der Waals surface area contributed by atoms with Crippen molar-refractivity contribution in [1.29, 1.82) is 0 Å². The molecule has 0 aliphatic carbocycles. The second-order valence-corrected chi connectivity index (χ2v) is 10.2. The molecule has 7 aromatic carbocycles. The maximum atomic E-state index is 6.23. The van der Waals surface area contributed by atoms with Gasteiger partial charge in [-0.25, -0.2) is 0 Å². The van der Waals surface area contributed by atoms with Gasteiger partial charge in [-0.2, -0.15) is 0 Å². The normalized spacial score (nSPS) is 11.5. The van der Waals surface area contributed by atoms with E-state index in [-0.39, 0.29) is 0 Å². The number of anilines is 3. The van der Waals surface area contributed by atoms with Crippen LogP contribution in [-0.4, -0.2) is 0 Å². The van der Waals surface area contributed by atoms with Gasteiger partial charge in [-0.3, -0.25) is 0 Å². The number of hydrogen-bond donors (Lipinski definition) is 0. The van der Waals surface area contributed by atoms with E-state index < -0.39 is 0 Å². The molecule has 40 heavy (non-hydrogen) atoms. The Balaban J connectivity index is 1.23. The van der Waals surface area contributed by atoms with Gasteiger partial charge in [-0.1, -0.05) is 91.0 Å². The van der Waals surface area contributed by atoms with Crippen LogP contribution in [0.2, 0.25) is 0 Å². The summed E-state index contributed by atoms with van der Waals surface area (Å²) in [6, 6.07) is 53.8. The zero-order valence-corrected chi connectivity index (χ0v) is 21.8. The Labute approximate surface area is 232 Å². The molecule has 0 radical (unpaired) electrons. The molecule has 0 saturated carbocycles. The van der Waals surface area contributed by atoms with Crippen molar-refractivity contribution >= 4 is 60.5 Å². The SMILES string of the molecule is c1ccc(N(c2ccccc2)c2ccc(-c3ccc4ccc5cc6c(cc5c4c3)oc3ccccc36)cc2)cc1. The number of rotatable bonds is 4. The molecule has 0 fully saturated rings. The Morgan fingerprint density at radius 1 is 0.350 bits per heavy atom. The van der Waals surface area contributed by atoms with Crippen molar-refractivity contribution in [3.8, 4) is 11.1 Å². The molecular formula is C38H25NO. The molecule has 2 nitrogen and oxygen atoms in total. The smallest absolute Gasteiger partial charge is 0.136 e. The molecule has 0 spiro atoms. The van der Waals surface area contributed by atoms with Crippen LogP contribution >= 0.6 is 0 Å². The van der Waals surface area contributed by atoms with Gasteiger partial charge in [0.2, 0.25) is 0 Å². The predicted molar refractivity (Wildman–Crippen MR) is 169 cm³/mol. The number of fused-ring (bicyclic) bond motifs is 6. The second-order valence-electron chi connectivity index (χ2n) is 10.2. The van der Waals surface area contributed by atoms with E-state index in [4.69, 9.17) is 4.42 Å². The van der Waals surface area contributed by atoms with Gasteiger partial charge >= 0.3 is 0 Å². The van der Waals surface area contributed by atoms with E-state index in [0.29, 0.717) is 0 Å². The van der Waals surface area contributed by atoms with E-state index in [0.717, 1.165) is 39.0 Å². The van der Waals surface area contributed by atoms with Crippen LogP contribution < -0.4 is 4.90 Å². The van der Waals surface area contributed by atoms with Gasteiger partial charge in [0.25, 0.3) is 0 Å². The zero-order valence-electron chi connectivity index (χ0n) is 21.8. The van der Waals surface area contributed by atoms with Crippen LogP contribution in [0.5, 0.6) is 0 Å². The van der Waals surface area contributed by atoms with E-state index in [9.17, 15) is 0 Å². The molecule has 8 aromatic rings. The fraction of sp³-hybridized carbons (Fsp3) is 0. The average Bonchev–Trinajstić information content (AvgIpc) is 3.39. The first-order valence-electron chi connectivity index (χ1n) is 13.6. The lowest BCUT2D eigenvalue weighted by Crippen LogP contribution is -2.09. The van der Waals surface area contributed by atoms with Crippen LogP contribution in [-0.2, 0) is 0 Å². The van der Waals surface area contributed by atoms with Gasteiger partial charge in [0.15, 0.2) is 0 Å². The van der Waals surface area contributed by atoms with Crippen LogP contribution in [0.15, 0.2) is 156 Å². The van der Waals surface area contributed by atoms with Gasteiger partial charge in [0.1, 0.15) is 11.2 Å². The highest BCUT2D eigenvalue weighted by molar-refractivity contribution is 6.16. The van der Waals surface area contributed by atoms with Crippen molar-refractivity contribution in [2.45, 2.75) is 0 Å². The summed E-state index contributed by atoms with van der Waals surface area (Å²) in [4.78, 5) is 2.29. The first-order valence-corrected chi connectivity index (χ1v) is 13.6. The summed E-state index contributed by atoms with van der Waals surface area (Å²) in [6.07, 6.45) is 0. The van der Waals surface area contributed by atoms with E-state index >= 15 is 0 Å². The summed E-state index contributed by atoms with van der Waals surface area (Å²) < 4.78 is 6.23. The van der Waals surface area contributed by atoms with Crippen molar-refractivity contribution in [2.24, 2.45) is 0 Å². The molecule has 8 rings (SSSR count). The Kier molecular flexibility index (Phi) is 5.17. The molecule has 1 heterocycles. The van der Waals surface area contributed by atoms with Crippen LogP contribution in [0.25, 0.3) is 54.6 Å². The summed E-state index contributed by atoms with van der Waals surface area (Å²) in [5, 5.41) is 7.21. The lowest BCUT2D eigenvalue weighted by atomic mass is 9.96. The molecule has 0 N–H and O–H groups in total. The van der Waals surface area contributed by atoms with Gasteiger partial charge < -0.3 is 9.32 Å². The van der Waals surface area contributed by atoms with Crippen molar-refractivity contribution in [3.63, 3.8) is 0 Å². The maximum Gasteiger partial charge on any atom is 0.136 e. The number of nitrogens with zero attached hydrogens (tertiary/aromatic N) is 1. The molecule has 1 aromatic heterocycles. The topological polar surface area (TPSA) is 16.4 Å². The average molecular weight is 512 g/mol. The van der Waals surface area contributed by atoms with E-state index in [1.807, 2.05) is 12.1 Å². The molecule has 0 amide bonds. The second kappa shape index (κ2) is 9.14. The molecule has 188 valence electrons. The lowest BCUT2D eigenvalue weighted by molar-refractivity contribution is 0.669. The van der Waals surface area contributed by atoms with Gasteiger partial charge in [0.05, 0.1) is 0 Å². The summed E-state index contributed by atoms with van der Waals surface area (Å²) >= 11 is 0. The highest BCUT2D eigenvalue weighted by Gasteiger charge is 2.13. The minimum atomic E-state index is 0.929.